The molecule has 2 rings (SSSR count). The lowest BCUT2D eigenvalue weighted by atomic mass is 10.2. The second-order valence-electron chi connectivity index (χ2n) is 5.31. The molecule has 0 heterocycles. The van der Waals surface area contributed by atoms with Crippen LogP contribution in [0.15, 0.2) is 48.5 Å². The monoisotopic (exact) mass is 351 g/mol. The van der Waals surface area contributed by atoms with Crippen molar-refractivity contribution in [2.24, 2.45) is 0 Å². The van der Waals surface area contributed by atoms with Crippen LogP contribution in [0.5, 0.6) is 0 Å². The molecule has 8 heteroatoms. The quantitative estimate of drug-likeness (QED) is 0.747. The molecule has 0 aliphatic rings. The van der Waals surface area contributed by atoms with E-state index in [-0.39, 0.29) is 11.7 Å². The fourth-order valence-electron chi connectivity index (χ4n) is 1.95. The van der Waals surface area contributed by atoms with Crippen LogP contribution in [0.3, 0.4) is 0 Å². The van der Waals surface area contributed by atoms with E-state index in [1.165, 1.54) is 24.3 Å². The van der Waals surface area contributed by atoms with Gasteiger partial charge in [0.1, 0.15) is 11.9 Å². The Morgan fingerprint density at radius 2 is 1.46 bits per heavy atom. The molecule has 0 aliphatic carbocycles. The summed E-state index contributed by atoms with van der Waals surface area (Å²) < 4.78 is 37.5. The number of anilines is 3. The van der Waals surface area contributed by atoms with Crippen LogP contribution in [0.25, 0.3) is 0 Å². The van der Waals surface area contributed by atoms with Crippen molar-refractivity contribution in [3.8, 4) is 0 Å². The second-order valence-corrected chi connectivity index (χ2v) is 7.06. The molecule has 2 aromatic carbocycles. The summed E-state index contributed by atoms with van der Waals surface area (Å²) in [4.78, 5) is 12.1. The minimum absolute atomic E-state index is 0.278. The predicted molar refractivity (Wildman–Crippen MR) is 93.0 cm³/mol. The molecule has 1 atom stereocenters. The van der Waals surface area contributed by atoms with Crippen LogP contribution < -0.4 is 15.4 Å². The van der Waals surface area contributed by atoms with Crippen molar-refractivity contribution >= 4 is 33.0 Å². The zero-order valence-electron chi connectivity index (χ0n) is 13.2. The van der Waals surface area contributed by atoms with Gasteiger partial charge in [0, 0.05) is 17.1 Å². The number of hydrogen-bond acceptors (Lipinski definition) is 4. The molecule has 2 aromatic rings. The number of sulfonamides is 1. The van der Waals surface area contributed by atoms with Crippen LogP contribution >= 0.6 is 0 Å². The molecule has 0 unspecified atom stereocenters. The fraction of sp³-hybridized carbons (Fsp3) is 0.188. The molecule has 128 valence electrons. The van der Waals surface area contributed by atoms with Gasteiger partial charge in [0.05, 0.1) is 6.26 Å². The predicted octanol–water partition coefficient (Wildman–Crippen LogP) is 2.64. The van der Waals surface area contributed by atoms with Gasteiger partial charge < -0.3 is 10.6 Å². The summed E-state index contributed by atoms with van der Waals surface area (Å²) >= 11 is 0. The van der Waals surface area contributed by atoms with Crippen LogP contribution in [-0.4, -0.2) is 26.6 Å². The van der Waals surface area contributed by atoms with Crippen LogP contribution in [0.1, 0.15) is 6.92 Å². The number of amides is 1. The molecular weight excluding hydrogens is 333 g/mol. The minimum Gasteiger partial charge on any atom is -0.374 e. The van der Waals surface area contributed by atoms with Crippen LogP contribution in [0.2, 0.25) is 0 Å². The van der Waals surface area contributed by atoms with Crippen LogP contribution in [0.4, 0.5) is 21.5 Å². The number of carbonyl (C=O) groups is 1. The van der Waals surface area contributed by atoms with Crippen LogP contribution in [0, 0.1) is 5.82 Å². The Hall–Kier alpha value is -2.61. The summed E-state index contributed by atoms with van der Waals surface area (Å²) in [5.74, 6) is -0.651. The van der Waals surface area contributed by atoms with E-state index in [4.69, 9.17) is 0 Å². The number of nitrogens with one attached hydrogen (secondary N) is 3. The van der Waals surface area contributed by atoms with Gasteiger partial charge in [-0.1, -0.05) is 0 Å². The zero-order valence-corrected chi connectivity index (χ0v) is 14.0. The maximum atomic E-state index is 12.8. The first kappa shape index (κ1) is 17.7. The number of carbonyl (C=O) groups excluding carboxylic acids is 1. The van der Waals surface area contributed by atoms with Gasteiger partial charge in [0.15, 0.2) is 0 Å². The molecular formula is C16H18FN3O3S. The largest absolute Gasteiger partial charge is 0.374 e. The van der Waals surface area contributed by atoms with Gasteiger partial charge in [-0.3, -0.25) is 9.52 Å². The molecule has 3 N–H and O–H groups in total. The highest BCUT2D eigenvalue weighted by molar-refractivity contribution is 7.92. The first-order valence-corrected chi connectivity index (χ1v) is 9.03. The van der Waals surface area contributed by atoms with E-state index in [0.29, 0.717) is 17.1 Å². The average Bonchev–Trinajstić information content (AvgIpc) is 2.50. The van der Waals surface area contributed by atoms with Crippen molar-refractivity contribution in [3.05, 3.63) is 54.3 Å². The smallest absolute Gasteiger partial charge is 0.246 e. The molecule has 0 spiro atoms. The third-order valence-electron chi connectivity index (χ3n) is 3.08. The molecule has 24 heavy (non-hydrogen) atoms. The third kappa shape index (κ3) is 5.54. The van der Waals surface area contributed by atoms with E-state index < -0.39 is 16.1 Å². The summed E-state index contributed by atoms with van der Waals surface area (Å²) in [6.45, 7) is 1.68. The first-order valence-electron chi connectivity index (χ1n) is 7.14. The highest BCUT2D eigenvalue weighted by Gasteiger charge is 2.13. The lowest BCUT2D eigenvalue weighted by Crippen LogP contribution is -2.31. The van der Waals surface area contributed by atoms with Gasteiger partial charge >= 0.3 is 0 Å². The van der Waals surface area contributed by atoms with E-state index in [1.54, 1.807) is 31.2 Å². The van der Waals surface area contributed by atoms with Gasteiger partial charge in [0.25, 0.3) is 0 Å². The van der Waals surface area contributed by atoms with Crippen molar-refractivity contribution in [1.82, 2.24) is 0 Å². The van der Waals surface area contributed by atoms with Crippen molar-refractivity contribution in [1.29, 1.82) is 0 Å². The van der Waals surface area contributed by atoms with Crippen molar-refractivity contribution in [2.75, 3.05) is 21.6 Å². The van der Waals surface area contributed by atoms with Crippen molar-refractivity contribution in [2.45, 2.75) is 13.0 Å². The van der Waals surface area contributed by atoms with E-state index >= 15 is 0 Å². The van der Waals surface area contributed by atoms with E-state index in [0.717, 1.165) is 6.26 Å². The number of benzene rings is 2. The topological polar surface area (TPSA) is 87.3 Å². The maximum Gasteiger partial charge on any atom is 0.246 e. The number of rotatable bonds is 6. The second kappa shape index (κ2) is 7.31. The highest BCUT2D eigenvalue weighted by atomic mass is 32.2. The third-order valence-corrected chi connectivity index (χ3v) is 3.68. The highest BCUT2D eigenvalue weighted by Crippen LogP contribution is 2.16. The lowest BCUT2D eigenvalue weighted by molar-refractivity contribution is -0.116. The Morgan fingerprint density at radius 3 is 2.00 bits per heavy atom. The van der Waals surface area contributed by atoms with Crippen molar-refractivity contribution in [3.63, 3.8) is 0 Å². The standard InChI is InChI=1S/C16H18FN3O3S/c1-11(16(21)19-14-5-3-12(17)4-6-14)18-13-7-9-15(10-8-13)20-24(2,22)23/h3-11,18,20H,1-2H3,(H,19,21)/t11-/m1/s1. The summed E-state index contributed by atoms with van der Waals surface area (Å²) in [6.07, 6.45) is 1.07. The normalized spacial score (nSPS) is 12.3. The van der Waals surface area contributed by atoms with E-state index in [2.05, 4.69) is 15.4 Å². The van der Waals surface area contributed by atoms with E-state index in [1.807, 2.05) is 0 Å². The minimum atomic E-state index is -3.33. The van der Waals surface area contributed by atoms with Gasteiger partial charge in [-0.25, -0.2) is 12.8 Å². The van der Waals surface area contributed by atoms with Gasteiger partial charge in [-0.2, -0.15) is 0 Å². The summed E-state index contributed by atoms with van der Waals surface area (Å²) in [7, 11) is -3.33. The number of hydrogen-bond donors (Lipinski definition) is 3. The van der Waals surface area contributed by atoms with E-state index in [9.17, 15) is 17.6 Å². The SMILES string of the molecule is C[C@@H](Nc1ccc(NS(C)(=O)=O)cc1)C(=O)Nc1ccc(F)cc1. The van der Waals surface area contributed by atoms with Crippen LogP contribution in [-0.2, 0) is 14.8 Å². The Bertz CT molecular complexity index is 805. The number of halogens is 1. The molecule has 0 aromatic heterocycles. The van der Waals surface area contributed by atoms with Crippen molar-refractivity contribution < 1.29 is 17.6 Å². The summed E-state index contributed by atoms with van der Waals surface area (Å²) in [5, 5.41) is 5.67. The molecule has 0 saturated carbocycles. The summed E-state index contributed by atoms with van der Waals surface area (Å²) in [5.41, 5.74) is 1.60. The first-order chi connectivity index (χ1) is 11.2. The Labute approximate surface area is 140 Å². The average molecular weight is 351 g/mol. The molecule has 0 aliphatic heterocycles. The molecule has 0 saturated heterocycles. The molecule has 1 amide bonds. The van der Waals surface area contributed by atoms with Gasteiger partial charge in [0.2, 0.25) is 15.9 Å². The zero-order chi connectivity index (χ0) is 17.7. The maximum absolute atomic E-state index is 12.8. The fourth-order valence-corrected chi connectivity index (χ4v) is 2.51. The summed E-state index contributed by atoms with van der Waals surface area (Å²) in [6, 6.07) is 11.5. The molecule has 0 bridgehead atoms. The Morgan fingerprint density at radius 1 is 0.958 bits per heavy atom. The van der Waals surface area contributed by atoms with Gasteiger partial charge in [-0.15, -0.1) is 0 Å². The van der Waals surface area contributed by atoms with Gasteiger partial charge in [-0.05, 0) is 55.5 Å². The molecule has 6 nitrogen and oxygen atoms in total. The molecule has 0 radical (unpaired) electrons. The lowest BCUT2D eigenvalue weighted by Gasteiger charge is -2.15. The Kier molecular flexibility index (Phi) is 5.40. The molecule has 0 fully saturated rings. The Balaban J connectivity index is 1.94.